The zero-order chi connectivity index (χ0) is 14.4. The summed E-state index contributed by atoms with van der Waals surface area (Å²) in [4.78, 5) is 22.1. The van der Waals surface area contributed by atoms with Crippen LogP contribution in [0.25, 0.3) is 0 Å². The molecule has 0 unspecified atom stereocenters. The Morgan fingerprint density at radius 3 is 2.40 bits per heavy atom. The topological polar surface area (TPSA) is 58.1 Å². The third-order valence-electron chi connectivity index (χ3n) is 2.89. The molecular weight excluding hydrogens is 252 g/mol. The summed E-state index contributed by atoms with van der Waals surface area (Å²) in [6.45, 7) is 0. The fourth-order valence-electron chi connectivity index (χ4n) is 1.89. The highest BCUT2D eigenvalue weighted by Gasteiger charge is 2.21. The van der Waals surface area contributed by atoms with Gasteiger partial charge in [0.05, 0.1) is 0 Å². The molecule has 2 aromatic rings. The fraction of sp³-hybridized carbons (Fsp3) is 0.267. The summed E-state index contributed by atoms with van der Waals surface area (Å²) < 4.78 is 0. The minimum Gasteiger partial charge on any atom is -0.347 e. The van der Waals surface area contributed by atoms with Crippen LogP contribution in [0.4, 0.5) is 5.95 Å². The molecule has 0 bridgehead atoms. The first kappa shape index (κ1) is 14.0. The maximum Gasteiger partial charge on any atom is 0.244 e. The SMILES string of the molecule is CN(C)C(=O)[C@H](Cc1ccccc1)Nc1ncccn1. The van der Waals surface area contributed by atoms with Crippen molar-refractivity contribution in [2.75, 3.05) is 19.4 Å². The summed E-state index contributed by atoms with van der Waals surface area (Å²) >= 11 is 0. The van der Waals surface area contributed by atoms with E-state index in [-0.39, 0.29) is 11.9 Å². The molecular formula is C15H18N4O. The van der Waals surface area contributed by atoms with Crippen molar-refractivity contribution in [2.24, 2.45) is 0 Å². The number of hydrogen-bond donors (Lipinski definition) is 1. The Kier molecular flexibility index (Phi) is 4.65. The number of carbonyl (C=O) groups is 1. The average Bonchev–Trinajstić information content (AvgIpc) is 2.48. The van der Waals surface area contributed by atoms with Crippen molar-refractivity contribution in [3.63, 3.8) is 0 Å². The summed E-state index contributed by atoms with van der Waals surface area (Å²) in [5.41, 5.74) is 1.09. The molecule has 0 aliphatic carbocycles. The molecule has 0 aliphatic heterocycles. The van der Waals surface area contributed by atoms with Gasteiger partial charge in [-0.15, -0.1) is 0 Å². The van der Waals surface area contributed by atoms with Gasteiger partial charge in [0, 0.05) is 32.9 Å². The molecule has 20 heavy (non-hydrogen) atoms. The highest BCUT2D eigenvalue weighted by atomic mass is 16.2. The van der Waals surface area contributed by atoms with Crippen molar-refractivity contribution in [2.45, 2.75) is 12.5 Å². The zero-order valence-corrected chi connectivity index (χ0v) is 11.7. The van der Waals surface area contributed by atoms with Crippen molar-refractivity contribution in [3.8, 4) is 0 Å². The molecule has 0 fully saturated rings. The molecule has 5 heteroatoms. The number of carbonyl (C=O) groups excluding carboxylic acids is 1. The molecule has 1 aromatic heterocycles. The number of aromatic nitrogens is 2. The van der Waals surface area contributed by atoms with Gasteiger partial charge in [0.2, 0.25) is 11.9 Å². The molecule has 1 N–H and O–H groups in total. The van der Waals surface area contributed by atoms with Gasteiger partial charge in [0.1, 0.15) is 6.04 Å². The van der Waals surface area contributed by atoms with Crippen molar-refractivity contribution >= 4 is 11.9 Å². The lowest BCUT2D eigenvalue weighted by Gasteiger charge is -2.21. The van der Waals surface area contributed by atoms with Crippen LogP contribution in [0, 0.1) is 0 Å². The van der Waals surface area contributed by atoms with E-state index in [9.17, 15) is 4.79 Å². The molecule has 1 atom stereocenters. The van der Waals surface area contributed by atoms with E-state index >= 15 is 0 Å². The van der Waals surface area contributed by atoms with Gasteiger partial charge in [-0.25, -0.2) is 9.97 Å². The summed E-state index contributed by atoms with van der Waals surface area (Å²) in [6, 6.07) is 11.3. The number of hydrogen-bond acceptors (Lipinski definition) is 4. The minimum atomic E-state index is -0.380. The normalized spacial score (nSPS) is 11.7. The van der Waals surface area contributed by atoms with E-state index in [1.165, 1.54) is 0 Å². The van der Waals surface area contributed by atoms with Crippen LogP contribution in [0.15, 0.2) is 48.8 Å². The van der Waals surface area contributed by atoms with Gasteiger partial charge in [-0.05, 0) is 11.6 Å². The van der Waals surface area contributed by atoms with Crippen molar-refractivity contribution < 1.29 is 4.79 Å². The van der Waals surface area contributed by atoms with E-state index < -0.39 is 0 Å². The maximum atomic E-state index is 12.3. The van der Waals surface area contributed by atoms with Crippen molar-refractivity contribution in [1.29, 1.82) is 0 Å². The minimum absolute atomic E-state index is 0.00121. The number of amides is 1. The highest BCUT2D eigenvalue weighted by molar-refractivity contribution is 5.84. The Morgan fingerprint density at radius 1 is 1.15 bits per heavy atom. The first-order valence-electron chi connectivity index (χ1n) is 6.45. The van der Waals surface area contributed by atoms with Crippen LogP contribution in [-0.2, 0) is 11.2 Å². The Labute approximate surface area is 118 Å². The standard InChI is InChI=1S/C15H18N4O/c1-19(2)14(20)13(11-12-7-4-3-5-8-12)18-15-16-9-6-10-17-15/h3-10,13H,11H2,1-2H3,(H,16,17,18)/t13-/m0/s1. The summed E-state index contributed by atoms with van der Waals surface area (Å²) in [5, 5.41) is 3.10. The first-order chi connectivity index (χ1) is 9.66. The molecule has 5 nitrogen and oxygen atoms in total. The van der Waals surface area contributed by atoms with Gasteiger partial charge in [0.15, 0.2) is 0 Å². The Bertz CT molecular complexity index is 501. The van der Waals surface area contributed by atoms with Crippen LogP contribution in [0.1, 0.15) is 5.56 Å². The largest absolute Gasteiger partial charge is 0.347 e. The van der Waals surface area contributed by atoms with Crippen molar-refractivity contribution in [3.05, 3.63) is 54.4 Å². The van der Waals surface area contributed by atoms with Gasteiger partial charge in [-0.2, -0.15) is 0 Å². The van der Waals surface area contributed by atoms with Crippen LogP contribution in [-0.4, -0.2) is 40.9 Å². The van der Waals surface area contributed by atoms with E-state index in [4.69, 9.17) is 0 Å². The lowest BCUT2D eigenvalue weighted by Crippen LogP contribution is -2.40. The van der Waals surface area contributed by atoms with Crippen LogP contribution < -0.4 is 5.32 Å². The predicted molar refractivity (Wildman–Crippen MR) is 78.3 cm³/mol. The number of rotatable bonds is 5. The summed E-state index contributed by atoms with van der Waals surface area (Å²) in [7, 11) is 3.49. The number of benzene rings is 1. The molecule has 0 aliphatic rings. The van der Waals surface area contributed by atoms with Crippen molar-refractivity contribution in [1.82, 2.24) is 14.9 Å². The van der Waals surface area contributed by atoms with Gasteiger partial charge < -0.3 is 10.2 Å². The molecule has 1 aromatic carbocycles. The van der Waals surface area contributed by atoms with Crippen LogP contribution in [0.3, 0.4) is 0 Å². The van der Waals surface area contributed by atoms with E-state index in [0.29, 0.717) is 12.4 Å². The fourth-order valence-corrected chi connectivity index (χ4v) is 1.89. The lowest BCUT2D eigenvalue weighted by molar-refractivity contribution is -0.129. The molecule has 0 radical (unpaired) electrons. The number of nitrogens with one attached hydrogen (secondary N) is 1. The van der Waals surface area contributed by atoms with Crippen LogP contribution in [0.2, 0.25) is 0 Å². The Morgan fingerprint density at radius 2 is 1.80 bits per heavy atom. The highest BCUT2D eigenvalue weighted by Crippen LogP contribution is 2.09. The Hall–Kier alpha value is -2.43. The second-order valence-corrected chi connectivity index (χ2v) is 4.69. The van der Waals surface area contributed by atoms with Gasteiger partial charge in [-0.3, -0.25) is 4.79 Å². The smallest absolute Gasteiger partial charge is 0.244 e. The molecule has 2 rings (SSSR count). The zero-order valence-electron chi connectivity index (χ0n) is 11.7. The van der Waals surface area contributed by atoms with Gasteiger partial charge in [0.25, 0.3) is 0 Å². The van der Waals surface area contributed by atoms with Gasteiger partial charge >= 0.3 is 0 Å². The molecule has 104 valence electrons. The number of likely N-dealkylation sites (N-methyl/N-ethyl adjacent to an activating group) is 1. The monoisotopic (exact) mass is 270 g/mol. The number of nitrogens with zero attached hydrogens (tertiary/aromatic N) is 3. The van der Waals surface area contributed by atoms with E-state index in [0.717, 1.165) is 5.56 Å². The second-order valence-electron chi connectivity index (χ2n) is 4.69. The maximum absolute atomic E-state index is 12.3. The third kappa shape index (κ3) is 3.78. The van der Waals surface area contributed by atoms with E-state index in [1.807, 2.05) is 30.3 Å². The lowest BCUT2D eigenvalue weighted by atomic mass is 10.1. The number of anilines is 1. The molecule has 0 spiro atoms. The summed E-state index contributed by atoms with van der Waals surface area (Å²) in [6.07, 6.45) is 3.89. The summed E-state index contributed by atoms with van der Waals surface area (Å²) in [5.74, 6) is 0.463. The van der Waals surface area contributed by atoms with Gasteiger partial charge in [-0.1, -0.05) is 30.3 Å². The Balaban J connectivity index is 2.15. The molecule has 1 amide bonds. The molecule has 1 heterocycles. The van der Waals surface area contributed by atoms with E-state index in [1.54, 1.807) is 37.5 Å². The van der Waals surface area contributed by atoms with Crippen LogP contribution >= 0.6 is 0 Å². The van der Waals surface area contributed by atoms with E-state index in [2.05, 4.69) is 15.3 Å². The second kappa shape index (κ2) is 6.65. The third-order valence-corrected chi connectivity index (χ3v) is 2.89. The first-order valence-corrected chi connectivity index (χ1v) is 6.45. The molecule has 0 saturated heterocycles. The quantitative estimate of drug-likeness (QED) is 0.896. The predicted octanol–water partition coefficient (Wildman–Crippen LogP) is 1.59. The average molecular weight is 270 g/mol. The van der Waals surface area contributed by atoms with Crippen LogP contribution in [0.5, 0.6) is 0 Å². The molecule has 0 saturated carbocycles.